The molecule has 2 rings (SSSR count). The first kappa shape index (κ1) is 14.6. The minimum Gasteiger partial charge on any atom is -0.323 e. The van der Waals surface area contributed by atoms with Crippen molar-refractivity contribution >= 4 is 17.3 Å². The Morgan fingerprint density at radius 3 is 2.86 bits per heavy atom. The average molecular weight is 292 g/mol. The lowest BCUT2D eigenvalue weighted by molar-refractivity contribution is -0.385. The molecule has 0 aliphatic rings. The highest BCUT2D eigenvalue weighted by Gasteiger charge is 2.17. The molecular weight excluding hydrogens is 279 g/mol. The molecule has 1 N–H and O–H groups in total. The number of carbonyl (C=O) groups is 1. The molecule has 1 aromatic carbocycles. The molecule has 21 heavy (non-hydrogen) atoms. The largest absolute Gasteiger partial charge is 0.323 e. The van der Waals surface area contributed by atoms with E-state index in [1.165, 1.54) is 29.1 Å². The van der Waals surface area contributed by atoms with E-state index in [1.54, 1.807) is 13.0 Å². The highest BCUT2D eigenvalue weighted by Crippen LogP contribution is 2.15. The third kappa shape index (κ3) is 3.62. The van der Waals surface area contributed by atoms with Gasteiger partial charge >= 0.3 is 5.69 Å². The smallest absolute Gasteiger partial charge is 0.306 e. The van der Waals surface area contributed by atoms with E-state index in [9.17, 15) is 19.3 Å². The Balaban J connectivity index is 1.99. The first-order chi connectivity index (χ1) is 9.97. The summed E-state index contributed by atoms with van der Waals surface area (Å²) in [5.41, 5.74) is -0.0440. The van der Waals surface area contributed by atoms with Crippen molar-refractivity contribution in [2.75, 3.05) is 5.32 Å². The summed E-state index contributed by atoms with van der Waals surface area (Å²) in [7, 11) is 0. The van der Waals surface area contributed by atoms with Crippen LogP contribution in [0.4, 0.5) is 15.8 Å². The molecule has 2 aromatic rings. The fourth-order valence-corrected chi connectivity index (χ4v) is 1.73. The summed E-state index contributed by atoms with van der Waals surface area (Å²) in [6.45, 7) is 1.79. The number of halogens is 1. The summed E-state index contributed by atoms with van der Waals surface area (Å²) in [5, 5.41) is 16.8. The Bertz CT molecular complexity index is 671. The number of amides is 1. The van der Waals surface area contributed by atoms with Gasteiger partial charge in [-0.1, -0.05) is 19.1 Å². The van der Waals surface area contributed by atoms with E-state index in [0.717, 1.165) is 6.20 Å². The predicted octanol–water partition coefficient (Wildman–Crippen LogP) is 2.21. The van der Waals surface area contributed by atoms with Gasteiger partial charge in [0.25, 0.3) is 0 Å². The molecule has 1 amide bonds. The van der Waals surface area contributed by atoms with Crippen molar-refractivity contribution in [3.05, 3.63) is 52.6 Å². The lowest BCUT2D eigenvalue weighted by Crippen LogP contribution is -2.25. The summed E-state index contributed by atoms with van der Waals surface area (Å²) in [6.07, 6.45) is 2.36. The van der Waals surface area contributed by atoms with Gasteiger partial charge < -0.3 is 5.32 Å². The number of hydrogen-bond donors (Lipinski definition) is 1. The molecule has 0 aliphatic heterocycles. The summed E-state index contributed by atoms with van der Waals surface area (Å²) in [4.78, 5) is 21.9. The van der Waals surface area contributed by atoms with E-state index in [0.29, 0.717) is 0 Å². The van der Waals surface area contributed by atoms with Crippen molar-refractivity contribution in [1.82, 2.24) is 9.78 Å². The number of nitrogens with one attached hydrogen (secondary N) is 1. The fourth-order valence-electron chi connectivity index (χ4n) is 1.73. The molecule has 1 heterocycles. The SMILES string of the molecule is C[C@H](Cn1cc([N+](=O)[O-])cn1)C(=O)Nc1ccccc1F. The van der Waals surface area contributed by atoms with Crippen molar-refractivity contribution in [2.45, 2.75) is 13.5 Å². The van der Waals surface area contributed by atoms with Crippen LogP contribution in [0.15, 0.2) is 36.7 Å². The van der Waals surface area contributed by atoms with Crippen LogP contribution in [0.3, 0.4) is 0 Å². The van der Waals surface area contributed by atoms with Gasteiger partial charge in [0.1, 0.15) is 18.2 Å². The predicted molar refractivity (Wildman–Crippen MR) is 73.1 cm³/mol. The van der Waals surface area contributed by atoms with Gasteiger partial charge in [0.15, 0.2) is 0 Å². The van der Waals surface area contributed by atoms with Crippen LogP contribution >= 0.6 is 0 Å². The molecule has 1 atom stereocenters. The third-order valence-corrected chi connectivity index (χ3v) is 2.87. The normalized spacial score (nSPS) is 11.9. The molecule has 0 saturated carbocycles. The minimum absolute atomic E-state index is 0.0980. The first-order valence-corrected chi connectivity index (χ1v) is 6.19. The number of hydrogen-bond acceptors (Lipinski definition) is 4. The summed E-state index contributed by atoms with van der Waals surface area (Å²) in [5.74, 6) is -1.44. The van der Waals surface area contributed by atoms with Crippen molar-refractivity contribution in [3.8, 4) is 0 Å². The van der Waals surface area contributed by atoms with Crippen molar-refractivity contribution in [2.24, 2.45) is 5.92 Å². The standard InChI is InChI=1S/C13H13FN4O3/c1-9(7-17-8-10(6-15-17)18(20)21)13(19)16-12-5-3-2-4-11(12)14/h2-6,8-9H,7H2,1H3,(H,16,19)/t9-/m1/s1. The molecule has 8 heteroatoms. The zero-order chi connectivity index (χ0) is 15.4. The van der Waals surface area contributed by atoms with Crippen LogP contribution < -0.4 is 5.32 Å². The number of rotatable bonds is 5. The van der Waals surface area contributed by atoms with Gasteiger partial charge in [0.2, 0.25) is 5.91 Å². The quantitative estimate of drug-likeness (QED) is 0.675. The zero-order valence-corrected chi connectivity index (χ0v) is 11.2. The summed E-state index contributed by atoms with van der Waals surface area (Å²) >= 11 is 0. The van der Waals surface area contributed by atoms with Gasteiger partial charge in [0.05, 0.1) is 23.1 Å². The Labute approximate surface area is 119 Å². The Hall–Kier alpha value is -2.77. The van der Waals surface area contributed by atoms with Crippen LogP contribution in [0.1, 0.15) is 6.92 Å². The van der Waals surface area contributed by atoms with Crippen molar-refractivity contribution in [1.29, 1.82) is 0 Å². The molecule has 0 radical (unpaired) electrons. The topological polar surface area (TPSA) is 90.1 Å². The highest BCUT2D eigenvalue weighted by atomic mass is 19.1. The molecule has 0 unspecified atom stereocenters. The number of nitrogens with zero attached hydrogens (tertiary/aromatic N) is 3. The van der Waals surface area contributed by atoms with Crippen LogP contribution in [0.5, 0.6) is 0 Å². The Morgan fingerprint density at radius 1 is 1.52 bits per heavy atom. The molecule has 1 aromatic heterocycles. The van der Waals surface area contributed by atoms with E-state index in [1.807, 2.05) is 0 Å². The fraction of sp³-hybridized carbons (Fsp3) is 0.231. The van der Waals surface area contributed by atoms with E-state index in [2.05, 4.69) is 10.4 Å². The average Bonchev–Trinajstić information content (AvgIpc) is 2.90. The molecule has 0 fully saturated rings. The maximum atomic E-state index is 13.4. The van der Waals surface area contributed by atoms with E-state index >= 15 is 0 Å². The van der Waals surface area contributed by atoms with Crippen LogP contribution in [0, 0.1) is 21.8 Å². The Morgan fingerprint density at radius 2 is 2.24 bits per heavy atom. The maximum Gasteiger partial charge on any atom is 0.306 e. The third-order valence-electron chi connectivity index (χ3n) is 2.87. The van der Waals surface area contributed by atoms with Crippen LogP contribution in [-0.4, -0.2) is 20.6 Å². The molecule has 0 spiro atoms. The lowest BCUT2D eigenvalue weighted by atomic mass is 10.1. The molecule has 0 aliphatic carbocycles. The van der Waals surface area contributed by atoms with Gasteiger partial charge in [0, 0.05) is 0 Å². The minimum atomic E-state index is -0.562. The monoisotopic (exact) mass is 292 g/mol. The number of benzene rings is 1. The molecule has 110 valence electrons. The molecule has 7 nitrogen and oxygen atoms in total. The number of anilines is 1. The molecular formula is C13H13FN4O3. The van der Waals surface area contributed by atoms with Gasteiger partial charge in [-0.2, -0.15) is 5.10 Å². The summed E-state index contributed by atoms with van der Waals surface area (Å²) in [6, 6.07) is 5.84. The van der Waals surface area contributed by atoms with E-state index < -0.39 is 22.6 Å². The maximum absolute atomic E-state index is 13.4. The van der Waals surface area contributed by atoms with E-state index in [-0.39, 0.29) is 17.9 Å². The van der Waals surface area contributed by atoms with Crippen LogP contribution in [-0.2, 0) is 11.3 Å². The lowest BCUT2D eigenvalue weighted by Gasteiger charge is -2.12. The number of carbonyl (C=O) groups excluding carboxylic acids is 1. The second kappa shape index (κ2) is 6.12. The second-order valence-electron chi connectivity index (χ2n) is 4.55. The molecule has 0 saturated heterocycles. The zero-order valence-electron chi connectivity index (χ0n) is 11.2. The van der Waals surface area contributed by atoms with Gasteiger partial charge in [-0.05, 0) is 12.1 Å². The van der Waals surface area contributed by atoms with Gasteiger partial charge in [-0.15, -0.1) is 0 Å². The molecule has 0 bridgehead atoms. The number of para-hydroxylation sites is 1. The Kier molecular flexibility index (Phi) is 4.27. The summed E-state index contributed by atoms with van der Waals surface area (Å²) < 4.78 is 14.7. The van der Waals surface area contributed by atoms with Gasteiger partial charge in [-0.3, -0.25) is 19.6 Å². The van der Waals surface area contributed by atoms with E-state index in [4.69, 9.17) is 0 Å². The van der Waals surface area contributed by atoms with Crippen molar-refractivity contribution < 1.29 is 14.1 Å². The van der Waals surface area contributed by atoms with Gasteiger partial charge in [-0.25, -0.2) is 4.39 Å². The first-order valence-electron chi connectivity index (χ1n) is 6.19. The second-order valence-corrected chi connectivity index (χ2v) is 4.55. The van der Waals surface area contributed by atoms with Crippen molar-refractivity contribution in [3.63, 3.8) is 0 Å². The number of nitro groups is 1. The van der Waals surface area contributed by atoms with Crippen LogP contribution in [0.2, 0.25) is 0 Å². The highest BCUT2D eigenvalue weighted by molar-refractivity contribution is 5.92. The van der Waals surface area contributed by atoms with Crippen LogP contribution in [0.25, 0.3) is 0 Å². The number of aromatic nitrogens is 2.